The molecule has 66 valence electrons. The van der Waals surface area contributed by atoms with Crippen LogP contribution in [0.5, 0.6) is 0 Å². The summed E-state index contributed by atoms with van der Waals surface area (Å²) in [6.45, 7) is 0. The summed E-state index contributed by atoms with van der Waals surface area (Å²) in [4.78, 5) is -0.281. The van der Waals surface area contributed by atoms with Gasteiger partial charge in [0.05, 0.1) is 4.47 Å². The molecule has 0 atom stereocenters. The van der Waals surface area contributed by atoms with Gasteiger partial charge in [0.25, 0.3) is 0 Å². The van der Waals surface area contributed by atoms with E-state index in [-0.39, 0.29) is 9.37 Å². The average molecular weight is 253 g/mol. The number of hydrogen-bond acceptors (Lipinski definition) is 2. The van der Waals surface area contributed by atoms with E-state index in [4.69, 9.17) is 0 Å². The molecular formula is C7H6BrFO2S. The maximum absolute atomic E-state index is 13.1. The van der Waals surface area contributed by atoms with Gasteiger partial charge in [-0.15, -0.1) is 0 Å². The molecule has 0 saturated carbocycles. The first-order valence-corrected chi connectivity index (χ1v) is 5.75. The zero-order valence-electron chi connectivity index (χ0n) is 6.21. The molecular weight excluding hydrogens is 247 g/mol. The Hall–Kier alpha value is -0.420. The molecule has 0 aromatic heterocycles. The van der Waals surface area contributed by atoms with E-state index in [0.29, 0.717) is 0 Å². The number of rotatable bonds is 1. The van der Waals surface area contributed by atoms with Gasteiger partial charge < -0.3 is 0 Å². The fraction of sp³-hybridized carbons (Fsp3) is 0.143. The van der Waals surface area contributed by atoms with Crippen molar-refractivity contribution in [2.75, 3.05) is 6.26 Å². The second kappa shape index (κ2) is 3.14. The van der Waals surface area contributed by atoms with Crippen molar-refractivity contribution in [3.63, 3.8) is 0 Å². The van der Waals surface area contributed by atoms with Crippen LogP contribution in [0.1, 0.15) is 0 Å². The van der Waals surface area contributed by atoms with Crippen LogP contribution in [0.2, 0.25) is 0 Å². The summed E-state index contributed by atoms with van der Waals surface area (Å²) in [5.74, 6) is -0.736. The van der Waals surface area contributed by atoms with Crippen LogP contribution in [0.15, 0.2) is 27.6 Å². The lowest BCUT2D eigenvalue weighted by molar-refractivity contribution is 0.567. The summed E-state index contributed by atoms with van der Waals surface area (Å²) in [7, 11) is -3.46. The van der Waals surface area contributed by atoms with Crippen LogP contribution >= 0.6 is 15.9 Å². The average Bonchev–Trinajstić information content (AvgIpc) is 1.92. The molecule has 0 bridgehead atoms. The summed E-state index contributed by atoms with van der Waals surface area (Å²) < 4.78 is 35.1. The van der Waals surface area contributed by atoms with Crippen molar-refractivity contribution < 1.29 is 12.8 Å². The van der Waals surface area contributed by atoms with Crippen LogP contribution in [0.3, 0.4) is 0 Å². The summed E-state index contributed by atoms with van der Waals surface area (Å²) >= 11 is 2.90. The molecule has 1 aromatic carbocycles. The number of sulfone groups is 1. The minimum Gasteiger partial charge on any atom is -0.224 e. The lowest BCUT2D eigenvalue weighted by atomic mass is 10.3. The molecule has 0 saturated heterocycles. The van der Waals surface area contributed by atoms with Gasteiger partial charge in [-0.1, -0.05) is 6.07 Å². The van der Waals surface area contributed by atoms with Crippen molar-refractivity contribution in [2.24, 2.45) is 0 Å². The first kappa shape index (κ1) is 9.67. The summed E-state index contributed by atoms with van der Waals surface area (Å²) in [6, 6.07) is 4.16. The van der Waals surface area contributed by atoms with Gasteiger partial charge in [-0.2, -0.15) is 0 Å². The Kier molecular flexibility index (Phi) is 2.53. The van der Waals surface area contributed by atoms with Crippen LogP contribution in [-0.2, 0) is 9.84 Å². The second-order valence-electron chi connectivity index (χ2n) is 2.32. The molecule has 0 aliphatic carbocycles. The van der Waals surface area contributed by atoms with Gasteiger partial charge in [-0.3, -0.25) is 0 Å². The molecule has 0 spiro atoms. The molecule has 0 radical (unpaired) electrons. The molecule has 12 heavy (non-hydrogen) atoms. The molecule has 5 heteroatoms. The molecule has 1 rings (SSSR count). The second-order valence-corrected chi connectivity index (χ2v) is 5.16. The van der Waals surface area contributed by atoms with Crippen LogP contribution in [0.4, 0.5) is 4.39 Å². The van der Waals surface area contributed by atoms with Crippen LogP contribution in [-0.4, -0.2) is 14.7 Å². The third-order valence-corrected chi connectivity index (χ3v) is 3.04. The molecule has 0 heterocycles. The Morgan fingerprint density at radius 3 is 2.42 bits per heavy atom. The predicted octanol–water partition coefficient (Wildman–Crippen LogP) is 1.99. The lowest BCUT2D eigenvalue weighted by Gasteiger charge is -2.00. The van der Waals surface area contributed by atoms with Gasteiger partial charge in [0.1, 0.15) is 4.90 Å². The fourth-order valence-corrected chi connectivity index (χ4v) is 2.03. The van der Waals surface area contributed by atoms with E-state index >= 15 is 0 Å². The Balaban J connectivity index is 3.47. The maximum Gasteiger partial charge on any atom is 0.178 e. The minimum absolute atomic E-state index is 0.158. The van der Waals surface area contributed by atoms with Gasteiger partial charge in [0.15, 0.2) is 15.7 Å². The highest BCUT2D eigenvalue weighted by Crippen LogP contribution is 2.21. The summed E-state index contributed by atoms with van der Waals surface area (Å²) in [6.07, 6.45) is 0.970. The third kappa shape index (κ3) is 1.84. The summed E-state index contributed by atoms with van der Waals surface area (Å²) in [5.41, 5.74) is 0. The molecule has 0 fully saturated rings. The number of hydrogen-bond donors (Lipinski definition) is 0. The molecule has 0 aliphatic heterocycles. The van der Waals surface area contributed by atoms with Crippen molar-refractivity contribution in [2.45, 2.75) is 4.90 Å². The van der Waals surface area contributed by atoms with Gasteiger partial charge in [0, 0.05) is 6.26 Å². The van der Waals surface area contributed by atoms with Gasteiger partial charge in [-0.05, 0) is 28.1 Å². The van der Waals surface area contributed by atoms with Crippen molar-refractivity contribution in [3.8, 4) is 0 Å². The quantitative estimate of drug-likeness (QED) is 0.767. The van der Waals surface area contributed by atoms with E-state index in [2.05, 4.69) is 15.9 Å². The molecule has 0 N–H and O–H groups in total. The van der Waals surface area contributed by atoms with Crippen molar-refractivity contribution >= 4 is 25.8 Å². The van der Waals surface area contributed by atoms with Crippen LogP contribution < -0.4 is 0 Å². The molecule has 0 amide bonds. The zero-order chi connectivity index (χ0) is 9.35. The summed E-state index contributed by atoms with van der Waals surface area (Å²) in [5, 5.41) is 0. The molecule has 0 unspecified atom stereocenters. The minimum atomic E-state index is -3.46. The van der Waals surface area contributed by atoms with Crippen molar-refractivity contribution in [1.82, 2.24) is 0 Å². The van der Waals surface area contributed by atoms with E-state index < -0.39 is 15.7 Å². The van der Waals surface area contributed by atoms with E-state index in [1.165, 1.54) is 18.2 Å². The van der Waals surface area contributed by atoms with E-state index in [0.717, 1.165) is 6.26 Å². The highest BCUT2D eigenvalue weighted by Gasteiger charge is 2.14. The Morgan fingerprint density at radius 1 is 1.42 bits per heavy atom. The van der Waals surface area contributed by atoms with E-state index in [9.17, 15) is 12.8 Å². The normalized spacial score (nSPS) is 11.6. The molecule has 2 nitrogen and oxygen atoms in total. The Labute approximate surface area is 78.5 Å². The van der Waals surface area contributed by atoms with Gasteiger partial charge in [0.2, 0.25) is 0 Å². The smallest absolute Gasteiger partial charge is 0.178 e. The Bertz CT molecular complexity index is 400. The largest absolute Gasteiger partial charge is 0.224 e. The Morgan fingerprint density at radius 2 is 2.00 bits per heavy atom. The van der Waals surface area contributed by atoms with Crippen molar-refractivity contribution in [1.29, 1.82) is 0 Å². The monoisotopic (exact) mass is 252 g/mol. The van der Waals surface area contributed by atoms with Gasteiger partial charge in [-0.25, -0.2) is 12.8 Å². The first-order valence-electron chi connectivity index (χ1n) is 3.07. The molecule has 0 aliphatic rings. The lowest BCUT2D eigenvalue weighted by Crippen LogP contribution is -2.00. The maximum atomic E-state index is 13.1. The molecule has 1 aromatic rings. The number of benzene rings is 1. The number of halogens is 2. The standard InChI is InChI=1S/C7H6BrFO2S/c1-12(10,11)6-4-2-3-5(8)7(6)9/h2-4H,1H3. The van der Waals surface area contributed by atoms with Crippen LogP contribution in [0.25, 0.3) is 0 Å². The fourth-order valence-electron chi connectivity index (χ4n) is 0.770. The van der Waals surface area contributed by atoms with E-state index in [1.807, 2.05) is 0 Å². The van der Waals surface area contributed by atoms with Gasteiger partial charge >= 0.3 is 0 Å². The zero-order valence-corrected chi connectivity index (χ0v) is 8.62. The van der Waals surface area contributed by atoms with Crippen LogP contribution in [0, 0.1) is 5.82 Å². The third-order valence-electron chi connectivity index (χ3n) is 1.32. The SMILES string of the molecule is CS(=O)(=O)c1cccc(Br)c1F. The van der Waals surface area contributed by atoms with E-state index in [1.54, 1.807) is 0 Å². The first-order chi connectivity index (χ1) is 5.43. The predicted molar refractivity (Wildman–Crippen MR) is 47.2 cm³/mol. The highest BCUT2D eigenvalue weighted by atomic mass is 79.9. The van der Waals surface area contributed by atoms with Crippen molar-refractivity contribution in [3.05, 3.63) is 28.5 Å². The highest BCUT2D eigenvalue weighted by molar-refractivity contribution is 9.10. The topological polar surface area (TPSA) is 34.1 Å².